The maximum absolute atomic E-state index is 14.1. The molecule has 18 heteroatoms. The fourth-order valence-corrected chi connectivity index (χ4v) is 5.96. The SMILES string of the molecule is CN1CCN(Cc2ccc(NC(=O)Nc3ccc(-c4nn(C5CC5)c5ncnc(N(C(=O)OC(C)(C)C)C(=O)OC(C)(C)C)c45)cn3)cc2C(F)(F)F)CC1. The van der Waals surface area contributed by atoms with E-state index in [9.17, 15) is 27.6 Å². The number of amides is 4. The van der Waals surface area contributed by atoms with Gasteiger partial charge in [-0.1, -0.05) is 6.07 Å². The van der Waals surface area contributed by atoms with Crippen LogP contribution in [0, 0.1) is 0 Å². The molecule has 1 saturated heterocycles. The van der Waals surface area contributed by atoms with Gasteiger partial charge in [0, 0.05) is 50.2 Å². The quantitative estimate of drug-likeness (QED) is 0.194. The highest BCUT2D eigenvalue weighted by Crippen LogP contribution is 2.42. The van der Waals surface area contributed by atoms with Gasteiger partial charge in [0.25, 0.3) is 0 Å². The minimum atomic E-state index is -4.62. The van der Waals surface area contributed by atoms with Gasteiger partial charge in [0.05, 0.1) is 17.0 Å². The van der Waals surface area contributed by atoms with Crippen LogP contribution in [0.25, 0.3) is 22.3 Å². The number of imide groups is 1. The third-order valence-corrected chi connectivity index (χ3v) is 8.67. The summed E-state index contributed by atoms with van der Waals surface area (Å²) in [5.41, 5.74) is -1.53. The molecular weight excluding hydrogens is 721 g/mol. The zero-order valence-electron chi connectivity index (χ0n) is 31.8. The molecule has 1 saturated carbocycles. The fraction of sp³-hybridized carbons (Fsp3) is 0.486. The lowest BCUT2D eigenvalue weighted by Gasteiger charge is -2.33. The number of nitrogens with one attached hydrogen (secondary N) is 2. The van der Waals surface area contributed by atoms with E-state index in [0.29, 0.717) is 30.0 Å². The van der Waals surface area contributed by atoms with Gasteiger partial charge in [-0.2, -0.15) is 23.2 Å². The fourth-order valence-electron chi connectivity index (χ4n) is 5.96. The molecule has 0 spiro atoms. The zero-order valence-corrected chi connectivity index (χ0v) is 31.8. The van der Waals surface area contributed by atoms with Gasteiger partial charge < -0.3 is 19.7 Å². The number of carbonyl (C=O) groups is 3. The molecule has 2 N–H and O–H groups in total. The number of piperazine rings is 1. The van der Waals surface area contributed by atoms with Crippen LogP contribution in [-0.2, 0) is 22.2 Å². The van der Waals surface area contributed by atoms with Gasteiger partial charge in [-0.3, -0.25) is 10.2 Å². The van der Waals surface area contributed by atoms with E-state index in [1.54, 1.807) is 52.3 Å². The van der Waals surface area contributed by atoms with Crippen molar-refractivity contribution in [1.29, 1.82) is 0 Å². The second kappa shape index (κ2) is 15.1. The summed E-state index contributed by atoms with van der Waals surface area (Å²) in [6, 6.07) is 6.09. The van der Waals surface area contributed by atoms with E-state index in [0.717, 1.165) is 36.9 Å². The number of aromatic nitrogens is 5. The molecule has 3 aromatic heterocycles. The van der Waals surface area contributed by atoms with Gasteiger partial charge in [0.2, 0.25) is 0 Å². The summed E-state index contributed by atoms with van der Waals surface area (Å²) in [6.45, 7) is 13.0. The van der Waals surface area contributed by atoms with Gasteiger partial charge in [-0.15, -0.1) is 0 Å². The number of halogens is 3. The summed E-state index contributed by atoms with van der Waals surface area (Å²) in [6.07, 6.45) is -2.30. The lowest BCUT2D eigenvalue weighted by molar-refractivity contribution is -0.138. The molecule has 4 heterocycles. The molecule has 55 heavy (non-hydrogen) atoms. The minimum Gasteiger partial charge on any atom is -0.443 e. The Morgan fingerprint density at radius 3 is 2.09 bits per heavy atom. The number of urea groups is 1. The van der Waals surface area contributed by atoms with Crippen molar-refractivity contribution in [1.82, 2.24) is 34.5 Å². The summed E-state index contributed by atoms with van der Waals surface area (Å²) in [5, 5.41) is 10.1. The monoisotopic (exact) mass is 766 g/mol. The smallest absolute Gasteiger partial charge is 0.425 e. The van der Waals surface area contributed by atoms with Crippen molar-refractivity contribution in [3.63, 3.8) is 0 Å². The van der Waals surface area contributed by atoms with Crippen LogP contribution in [0.1, 0.15) is 71.6 Å². The number of rotatable bonds is 7. The average Bonchev–Trinajstić information content (AvgIpc) is 3.84. The van der Waals surface area contributed by atoms with Crippen LogP contribution >= 0.6 is 0 Å². The Labute approximate surface area is 316 Å². The number of hydrogen-bond donors (Lipinski definition) is 2. The number of nitrogens with zero attached hydrogens (tertiary/aromatic N) is 8. The second-order valence-corrected chi connectivity index (χ2v) is 15.7. The largest absolute Gasteiger partial charge is 0.443 e. The van der Waals surface area contributed by atoms with Crippen molar-refractivity contribution in [3.05, 3.63) is 54.0 Å². The van der Waals surface area contributed by atoms with E-state index < -0.39 is 41.2 Å². The lowest BCUT2D eigenvalue weighted by atomic mass is 10.0. The zero-order chi connectivity index (χ0) is 39.9. The van der Waals surface area contributed by atoms with Gasteiger partial charge in [-0.05, 0) is 91.3 Å². The third-order valence-electron chi connectivity index (χ3n) is 8.67. The highest BCUT2D eigenvalue weighted by Gasteiger charge is 2.38. The molecule has 4 amide bonds. The maximum atomic E-state index is 14.1. The van der Waals surface area contributed by atoms with Crippen molar-refractivity contribution < 1.29 is 37.0 Å². The number of carbonyl (C=O) groups excluding carboxylic acids is 3. The van der Waals surface area contributed by atoms with Crippen LogP contribution in [0.4, 0.5) is 44.9 Å². The van der Waals surface area contributed by atoms with Gasteiger partial charge in [-0.25, -0.2) is 34.0 Å². The Morgan fingerprint density at radius 2 is 1.53 bits per heavy atom. The van der Waals surface area contributed by atoms with Crippen LogP contribution in [0.15, 0.2) is 42.9 Å². The molecule has 6 rings (SSSR count). The predicted molar refractivity (Wildman–Crippen MR) is 199 cm³/mol. The number of pyridine rings is 1. The molecule has 1 aromatic carbocycles. The molecule has 0 atom stereocenters. The normalized spacial score (nSPS) is 15.8. The Hall–Kier alpha value is -5.36. The van der Waals surface area contributed by atoms with Crippen molar-refractivity contribution in [2.75, 3.05) is 48.8 Å². The standard InChI is InChI=1S/C37H45F3N10O5/c1-35(2,3)54-33(52)49(34(53)55-36(4,5)6)30-28-29(46-50(25-11-12-25)31(28)43-21-42-30)22-9-13-27(41-19-22)45-32(51)44-24-10-8-23(26(18-24)37(38,39)40)20-48-16-14-47(7)15-17-48/h8-10,13,18-19,21,25H,11-12,14-17,20H2,1-7H3,(H2,41,44,45,51). The molecule has 0 bridgehead atoms. The lowest BCUT2D eigenvalue weighted by Crippen LogP contribution is -2.44. The van der Waals surface area contributed by atoms with Gasteiger partial charge >= 0.3 is 24.4 Å². The summed E-state index contributed by atoms with van der Waals surface area (Å²) in [5.74, 6) is -0.0136. The van der Waals surface area contributed by atoms with Crippen LogP contribution in [-0.4, -0.2) is 97.2 Å². The predicted octanol–water partition coefficient (Wildman–Crippen LogP) is 7.31. The number of likely N-dealkylation sites (N-methyl/N-ethyl adjacent to an activating group) is 1. The molecule has 0 unspecified atom stereocenters. The molecule has 4 aromatic rings. The highest BCUT2D eigenvalue weighted by molar-refractivity contribution is 6.15. The van der Waals surface area contributed by atoms with Crippen LogP contribution in [0.3, 0.4) is 0 Å². The van der Waals surface area contributed by atoms with Crippen molar-refractivity contribution in [2.45, 2.75) is 84.3 Å². The number of anilines is 3. The topological polar surface area (TPSA) is 160 Å². The van der Waals surface area contributed by atoms with E-state index in [-0.39, 0.29) is 40.9 Å². The first kappa shape index (κ1) is 39.3. The molecule has 294 valence electrons. The van der Waals surface area contributed by atoms with E-state index in [4.69, 9.17) is 14.6 Å². The van der Waals surface area contributed by atoms with Crippen LogP contribution in [0.5, 0.6) is 0 Å². The maximum Gasteiger partial charge on any atom is 0.425 e. The summed E-state index contributed by atoms with van der Waals surface area (Å²) in [4.78, 5) is 58.1. The highest BCUT2D eigenvalue weighted by atomic mass is 19.4. The summed E-state index contributed by atoms with van der Waals surface area (Å²) >= 11 is 0. The number of hydrogen-bond acceptors (Lipinski definition) is 11. The molecule has 2 fully saturated rings. The number of ether oxygens (including phenoxy) is 2. The van der Waals surface area contributed by atoms with E-state index in [2.05, 4.69) is 30.5 Å². The van der Waals surface area contributed by atoms with Crippen LogP contribution < -0.4 is 15.5 Å². The van der Waals surface area contributed by atoms with Crippen molar-refractivity contribution >= 4 is 46.6 Å². The number of alkyl halides is 3. The first-order valence-electron chi connectivity index (χ1n) is 17.9. The molecule has 0 radical (unpaired) electrons. The minimum absolute atomic E-state index is 0.0341. The molecule has 15 nitrogen and oxygen atoms in total. The van der Waals surface area contributed by atoms with E-state index >= 15 is 0 Å². The Bertz CT molecular complexity index is 2040. The number of benzene rings is 1. The second-order valence-electron chi connectivity index (χ2n) is 15.7. The van der Waals surface area contributed by atoms with Crippen molar-refractivity contribution in [3.8, 4) is 11.3 Å². The Balaban J connectivity index is 1.26. The van der Waals surface area contributed by atoms with E-state index in [1.165, 1.54) is 30.7 Å². The summed E-state index contributed by atoms with van der Waals surface area (Å²) < 4.78 is 55.2. The van der Waals surface area contributed by atoms with E-state index in [1.807, 2.05) is 11.9 Å². The van der Waals surface area contributed by atoms with Crippen molar-refractivity contribution in [2.24, 2.45) is 0 Å². The Kier molecular flexibility index (Phi) is 10.8. The summed E-state index contributed by atoms with van der Waals surface area (Å²) in [7, 11) is 1.98. The first-order chi connectivity index (χ1) is 25.8. The third kappa shape index (κ3) is 9.66. The average molecular weight is 767 g/mol. The first-order valence-corrected chi connectivity index (χ1v) is 17.9. The number of fused-ring (bicyclic) bond motifs is 1. The van der Waals surface area contributed by atoms with Gasteiger partial charge in [0.15, 0.2) is 11.5 Å². The molecule has 1 aliphatic carbocycles. The molecular formula is C37H45F3N10O5. The molecule has 1 aliphatic heterocycles. The van der Waals surface area contributed by atoms with Gasteiger partial charge in [0.1, 0.15) is 29.0 Å². The van der Waals surface area contributed by atoms with Crippen LogP contribution in [0.2, 0.25) is 0 Å². The molecule has 2 aliphatic rings. The Morgan fingerprint density at radius 1 is 0.873 bits per heavy atom.